The third-order valence-corrected chi connectivity index (χ3v) is 1.79. The molecule has 1 rings (SSSR count). The van der Waals surface area contributed by atoms with E-state index in [0.29, 0.717) is 12.8 Å². The van der Waals surface area contributed by atoms with Crippen LogP contribution < -0.4 is 0 Å². The smallest absolute Gasteiger partial charge is 0.0984 e. The van der Waals surface area contributed by atoms with Crippen LogP contribution in [-0.4, -0.2) is 14.7 Å². The Labute approximate surface area is 78.4 Å². The van der Waals surface area contributed by atoms with Crippen LogP contribution in [-0.2, 0) is 7.05 Å². The van der Waals surface area contributed by atoms with Crippen LogP contribution in [0.4, 0.5) is 0 Å². The molecule has 1 unspecified atom stereocenters. The van der Waals surface area contributed by atoms with E-state index in [-0.39, 0.29) is 0 Å². The van der Waals surface area contributed by atoms with E-state index < -0.39 is 6.10 Å². The minimum absolute atomic E-state index is 0.484. The summed E-state index contributed by atoms with van der Waals surface area (Å²) in [6.07, 6.45) is 4.39. The maximum Gasteiger partial charge on any atom is 0.0984 e. The molecule has 0 aliphatic carbocycles. The number of hydrogen-bond acceptors (Lipinski definition) is 2. The fourth-order valence-electron chi connectivity index (χ4n) is 1.09. The molecule has 1 aromatic rings. The first kappa shape index (κ1) is 9.82. The average molecular weight is 178 g/mol. The molecule has 0 aromatic carbocycles. The van der Waals surface area contributed by atoms with Gasteiger partial charge in [-0.05, 0) is 13.3 Å². The molecule has 0 saturated carbocycles. The summed E-state index contributed by atoms with van der Waals surface area (Å²) >= 11 is 0. The highest BCUT2D eigenvalue weighted by Gasteiger charge is 2.08. The van der Waals surface area contributed by atoms with Crippen LogP contribution in [0, 0.1) is 11.8 Å². The second kappa shape index (κ2) is 4.68. The van der Waals surface area contributed by atoms with E-state index >= 15 is 0 Å². The van der Waals surface area contributed by atoms with Crippen LogP contribution in [0.3, 0.4) is 0 Å². The van der Waals surface area contributed by atoms with E-state index in [4.69, 9.17) is 0 Å². The van der Waals surface area contributed by atoms with Crippen molar-refractivity contribution in [2.45, 2.75) is 25.9 Å². The number of rotatable bonds is 3. The van der Waals surface area contributed by atoms with Gasteiger partial charge in [0.1, 0.15) is 0 Å². The van der Waals surface area contributed by atoms with Gasteiger partial charge in [0.2, 0.25) is 0 Å². The van der Waals surface area contributed by atoms with Crippen LogP contribution in [0.2, 0.25) is 0 Å². The van der Waals surface area contributed by atoms with Gasteiger partial charge in [-0.3, -0.25) is 0 Å². The Kier molecular flexibility index (Phi) is 3.53. The Morgan fingerprint density at radius 3 is 3.00 bits per heavy atom. The first-order valence-electron chi connectivity index (χ1n) is 4.29. The summed E-state index contributed by atoms with van der Waals surface area (Å²) in [4.78, 5) is 4.06. The summed E-state index contributed by atoms with van der Waals surface area (Å²) in [6, 6.07) is 0. The Bertz CT molecular complexity index is 319. The van der Waals surface area contributed by atoms with Gasteiger partial charge >= 0.3 is 0 Å². The number of nitrogens with zero attached hydrogens (tertiary/aromatic N) is 2. The molecular formula is C10H14N2O. The van der Waals surface area contributed by atoms with E-state index in [1.807, 2.05) is 17.8 Å². The molecule has 70 valence electrons. The fourth-order valence-corrected chi connectivity index (χ4v) is 1.09. The molecule has 1 atom stereocenters. The molecule has 0 amide bonds. The third-order valence-electron chi connectivity index (χ3n) is 1.79. The first-order valence-corrected chi connectivity index (χ1v) is 4.29. The number of imidazole rings is 1. The second-order valence-electron chi connectivity index (χ2n) is 2.95. The SMILES string of the molecule is CC#CCCC(O)c1cn(C)cn1. The van der Waals surface area contributed by atoms with Crippen LogP contribution in [0.1, 0.15) is 31.6 Å². The van der Waals surface area contributed by atoms with Crippen molar-refractivity contribution in [3.8, 4) is 11.8 Å². The number of hydrogen-bond donors (Lipinski definition) is 1. The van der Waals surface area contributed by atoms with Gasteiger partial charge in [-0.25, -0.2) is 4.98 Å². The maximum absolute atomic E-state index is 9.62. The molecule has 0 aliphatic heterocycles. The van der Waals surface area contributed by atoms with Crippen molar-refractivity contribution in [3.63, 3.8) is 0 Å². The lowest BCUT2D eigenvalue weighted by Gasteiger charge is -2.03. The molecule has 0 fully saturated rings. The lowest BCUT2D eigenvalue weighted by molar-refractivity contribution is 0.165. The number of aliphatic hydroxyl groups excluding tert-OH is 1. The monoisotopic (exact) mass is 178 g/mol. The van der Waals surface area contributed by atoms with Crippen molar-refractivity contribution in [2.75, 3.05) is 0 Å². The van der Waals surface area contributed by atoms with E-state index in [2.05, 4.69) is 16.8 Å². The van der Waals surface area contributed by atoms with Gasteiger partial charge < -0.3 is 9.67 Å². The first-order chi connectivity index (χ1) is 6.24. The molecule has 0 saturated heterocycles. The zero-order chi connectivity index (χ0) is 9.68. The van der Waals surface area contributed by atoms with Crippen molar-refractivity contribution in [1.82, 2.24) is 9.55 Å². The van der Waals surface area contributed by atoms with Gasteiger partial charge in [0.25, 0.3) is 0 Å². The van der Waals surface area contributed by atoms with E-state index in [9.17, 15) is 5.11 Å². The number of aromatic nitrogens is 2. The summed E-state index contributed by atoms with van der Waals surface area (Å²) in [5.41, 5.74) is 0.723. The molecule has 0 bridgehead atoms. The second-order valence-corrected chi connectivity index (χ2v) is 2.95. The minimum atomic E-state index is -0.484. The standard InChI is InChI=1S/C10H14N2O/c1-3-4-5-6-10(13)9-7-12(2)8-11-9/h7-8,10,13H,5-6H2,1-2H3. The highest BCUT2D eigenvalue weighted by atomic mass is 16.3. The Morgan fingerprint density at radius 1 is 1.69 bits per heavy atom. The van der Waals surface area contributed by atoms with Gasteiger partial charge in [0, 0.05) is 19.7 Å². The molecule has 3 heteroatoms. The van der Waals surface area contributed by atoms with Crippen LogP contribution in [0.5, 0.6) is 0 Å². The zero-order valence-electron chi connectivity index (χ0n) is 7.99. The summed E-state index contributed by atoms with van der Waals surface area (Å²) in [5, 5.41) is 9.62. The highest BCUT2D eigenvalue weighted by molar-refractivity contribution is 5.02. The number of aryl methyl sites for hydroxylation is 1. The molecule has 0 spiro atoms. The van der Waals surface area contributed by atoms with E-state index in [1.165, 1.54) is 0 Å². The van der Waals surface area contributed by atoms with Crippen LogP contribution in [0.25, 0.3) is 0 Å². The largest absolute Gasteiger partial charge is 0.387 e. The molecule has 3 nitrogen and oxygen atoms in total. The number of aliphatic hydroxyl groups is 1. The lowest BCUT2D eigenvalue weighted by atomic mass is 10.1. The van der Waals surface area contributed by atoms with Crippen molar-refractivity contribution in [2.24, 2.45) is 7.05 Å². The molecule has 1 N–H and O–H groups in total. The zero-order valence-corrected chi connectivity index (χ0v) is 7.99. The summed E-state index contributed by atoms with van der Waals surface area (Å²) in [7, 11) is 1.88. The van der Waals surface area contributed by atoms with Gasteiger partial charge in [-0.2, -0.15) is 0 Å². The molecule has 1 heterocycles. The summed E-state index contributed by atoms with van der Waals surface area (Å²) in [5.74, 6) is 5.70. The predicted octanol–water partition coefficient (Wildman–Crippen LogP) is 1.26. The van der Waals surface area contributed by atoms with E-state index in [0.717, 1.165) is 5.69 Å². The molecule has 0 aliphatic rings. The van der Waals surface area contributed by atoms with Crippen molar-refractivity contribution in [3.05, 3.63) is 18.2 Å². The predicted molar refractivity (Wildman–Crippen MR) is 50.9 cm³/mol. The van der Waals surface area contributed by atoms with Crippen molar-refractivity contribution in [1.29, 1.82) is 0 Å². The van der Waals surface area contributed by atoms with Crippen molar-refractivity contribution >= 4 is 0 Å². The maximum atomic E-state index is 9.62. The lowest BCUT2D eigenvalue weighted by Crippen LogP contribution is -1.96. The average Bonchev–Trinajstić information content (AvgIpc) is 2.52. The Morgan fingerprint density at radius 2 is 2.46 bits per heavy atom. The Hall–Kier alpha value is -1.27. The molecule has 13 heavy (non-hydrogen) atoms. The summed E-state index contributed by atoms with van der Waals surface area (Å²) < 4.78 is 1.82. The third kappa shape index (κ3) is 2.92. The van der Waals surface area contributed by atoms with Gasteiger partial charge in [-0.15, -0.1) is 11.8 Å². The van der Waals surface area contributed by atoms with Crippen LogP contribution >= 0.6 is 0 Å². The normalized spacial score (nSPS) is 11.9. The Balaban J connectivity index is 2.47. The quantitative estimate of drug-likeness (QED) is 0.707. The van der Waals surface area contributed by atoms with Crippen LogP contribution in [0.15, 0.2) is 12.5 Å². The highest BCUT2D eigenvalue weighted by Crippen LogP contribution is 2.14. The summed E-state index contributed by atoms with van der Waals surface area (Å²) in [6.45, 7) is 1.80. The van der Waals surface area contributed by atoms with Gasteiger partial charge in [-0.1, -0.05) is 0 Å². The molecular weight excluding hydrogens is 164 g/mol. The topological polar surface area (TPSA) is 38.0 Å². The van der Waals surface area contributed by atoms with E-state index in [1.54, 1.807) is 13.3 Å². The fraction of sp³-hybridized carbons (Fsp3) is 0.500. The molecule has 1 aromatic heterocycles. The van der Waals surface area contributed by atoms with Crippen molar-refractivity contribution < 1.29 is 5.11 Å². The minimum Gasteiger partial charge on any atom is -0.387 e. The van der Waals surface area contributed by atoms with Gasteiger partial charge in [0.15, 0.2) is 0 Å². The van der Waals surface area contributed by atoms with Gasteiger partial charge in [0.05, 0.1) is 18.1 Å². The molecule has 0 radical (unpaired) electrons.